The zero-order valence-corrected chi connectivity index (χ0v) is 10.8. The number of aliphatic hydroxyl groups excluding tert-OH is 1. The molecule has 0 aliphatic carbocycles. The lowest BCUT2D eigenvalue weighted by Crippen LogP contribution is -1.99. The standard InChI is InChI=1S/C14H11N3OS/c18-13(11-5-1-2-7-16-11)12-9-17-14(19-12)10-4-3-6-15-8-10/h1-9,13,18H. The fraction of sp³-hybridized carbons (Fsp3) is 0.0714. The number of hydrogen-bond donors (Lipinski definition) is 1. The molecule has 0 bridgehead atoms. The van der Waals surface area contributed by atoms with Crippen LogP contribution in [0.3, 0.4) is 0 Å². The van der Waals surface area contributed by atoms with Crippen molar-refractivity contribution in [3.8, 4) is 10.6 Å². The van der Waals surface area contributed by atoms with Gasteiger partial charge in [0.25, 0.3) is 0 Å². The van der Waals surface area contributed by atoms with Crippen LogP contribution in [0.2, 0.25) is 0 Å². The van der Waals surface area contributed by atoms with Gasteiger partial charge in [-0.2, -0.15) is 0 Å². The van der Waals surface area contributed by atoms with Crippen LogP contribution in [-0.4, -0.2) is 20.1 Å². The average Bonchev–Trinajstić information content (AvgIpc) is 2.98. The molecule has 0 radical (unpaired) electrons. The van der Waals surface area contributed by atoms with Gasteiger partial charge in [-0.3, -0.25) is 9.97 Å². The Morgan fingerprint density at radius 3 is 2.68 bits per heavy atom. The summed E-state index contributed by atoms with van der Waals surface area (Å²) in [7, 11) is 0. The first-order valence-corrected chi connectivity index (χ1v) is 6.61. The first-order chi connectivity index (χ1) is 9.34. The lowest BCUT2D eigenvalue weighted by molar-refractivity contribution is 0.219. The number of rotatable bonds is 3. The highest BCUT2D eigenvalue weighted by molar-refractivity contribution is 7.15. The van der Waals surface area contributed by atoms with Crippen LogP contribution in [0.15, 0.2) is 55.1 Å². The summed E-state index contributed by atoms with van der Waals surface area (Å²) >= 11 is 1.45. The fourth-order valence-corrected chi connectivity index (χ4v) is 2.62. The Kier molecular flexibility index (Phi) is 3.31. The molecule has 19 heavy (non-hydrogen) atoms. The van der Waals surface area contributed by atoms with Gasteiger partial charge in [-0.25, -0.2) is 4.98 Å². The number of thiazole rings is 1. The van der Waals surface area contributed by atoms with Crippen molar-refractivity contribution in [2.24, 2.45) is 0 Å². The van der Waals surface area contributed by atoms with Crippen LogP contribution in [0.25, 0.3) is 10.6 Å². The number of aliphatic hydroxyl groups is 1. The Balaban J connectivity index is 1.90. The van der Waals surface area contributed by atoms with E-state index in [1.54, 1.807) is 30.9 Å². The number of nitrogens with zero attached hydrogens (tertiary/aromatic N) is 3. The van der Waals surface area contributed by atoms with Crippen molar-refractivity contribution in [1.29, 1.82) is 0 Å². The average molecular weight is 269 g/mol. The van der Waals surface area contributed by atoms with Crippen LogP contribution in [0.5, 0.6) is 0 Å². The van der Waals surface area contributed by atoms with Gasteiger partial charge in [-0.15, -0.1) is 11.3 Å². The van der Waals surface area contributed by atoms with Gasteiger partial charge >= 0.3 is 0 Å². The van der Waals surface area contributed by atoms with E-state index in [2.05, 4.69) is 15.0 Å². The molecule has 0 saturated heterocycles. The Morgan fingerprint density at radius 2 is 1.95 bits per heavy atom. The van der Waals surface area contributed by atoms with Crippen molar-refractivity contribution < 1.29 is 5.11 Å². The van der Waals surface area contributed by atoms with Gasteiger partial charge in [0.1, 0.15) is 11.1 Å². The van der Waals surface area contributed by atoms with E-state index in [0.29, 0.717) is 5.69 Å². The van der Waals surface area contributed by atoms with Gasteiger partial charge in [-0.1, -0.05) is 6.07 Å². The largest absolute Gasteiger partial charge is 0.381 e. The number of hydrogen-bond acceptors (Lipinski definition) is 5. The topological polar surface area (TPSA) is 58.9 Å². The molecule has 0 aromatic carbocycles. The maximum atomic E-state index is 10.2. The summed E-state index contributed by atoms with van der Waals surface area (Å²) in [6.45, 7) is 0. The van der Waals surface area contributed by atoms with Gasteiger partial charge in [0, 0.05) is 30.4 Å². The molecule has 0 amide bonds. The Hall–Kier alpha value is -2.11. The molecule has 4 nitrogen and oxygen atoms in total. The Labute approximate surface area is 114 Å². The lowest BCUT2D eigenvalue weighted by atomic mass is 10.2. The summed E-state index contributed by atoms with van der Waals surface area (Å²) in [6.07, 6.45) is 6.11. The zero-order chi connectivity index (χ0) is 13.1. The lowest BCUT2D eigenvalue weighted by Gasteiger charge is -2.05. The molecule has 3 aromatic rings. The van der Waals surface area contributed by atoms with Gasteiger partial charge in [0.2, 0.25) is 0 Å². The molecular weight excluding hydrogens is 258 g/mol. The van der Waals surface area contributed by atoms with Crippen molar-refractivity contribution in [3.05, 3.63) is 65.7 Å². The van der Waals surface area contributed by atoms with Gasteiger partial charge < -0.3 is 5.11 Å². The molecule has 94 valence electrons. The molecule has 1 unspecified atom stereocenters. The first kappa shape index (κ1) is 12.0. The molecule has 1 atom stereocenters. The number of pyridine rings is 2. The number of aromatic nitrogens is 3. The highest BCUT2D eigenvalue weighted by Crippen LogP contribution is 2.30. The minimum atomic E-state index is -0.732. The minimum absolute atomic E-state index is 0.629. The van der Waals surface area contributed by atoms with E-state index in [4.69, 9.17) is 0 Å². The molecule has 5 heteroatoms. The van der Waals surface area contributed by atoms with E-state index in [1.165, 1.54) is 11.3 Å². The predicted octanol–water partition coefficient (Wildman–Crippen LogP) is 2.68. The van der Waals surface area contributed by atoms with Gasteiger partial charge in [-0.05, 0) is 24.3 Å². The predicted molar refractivity (Wildman–Crippen MR) is 73.6 cm³/mol. The normalized spacial score (nSPS) is 12.3. The molecule has 3 rings (SSSR count). The summed E-state index contributed by atoms with van der Waals surface area (Å²) in [6, 6.07) is 9.29. The molecule has 0 saturated carbocycles. The van der Waals surface area contributed by atoms with E-state index in [-0.39, 0.29) is 0 Å². The van der Waals surface area contributed by atoms with Gasteiger partial charge in [0.05, 0.1) is 10.6 Å². The van der Waals surface area contributed by atoms with Crippen molar-refractivity contribution in [3.63, 3.8) is 0 Å². The molecule has 3 heterocycles. The summed E-state index contributed by atoms with van der Waals surface area (Å²) in [4.78, 5) is 13.3. The third-order valence-electron chi connectivity index (χ3n) is 2.67. The minimum Gasteiger partial charge on any atom is -0.381 e. The van der Waals surface area contributed by atoms with Crippen molar-refractivity contribution in [1.82, 2.24) is 15.0 Å². The molecule has 1 N–H and O–H groups in total. The van der Waals surface area contributed by atoms with E-state index in [1.807, 2.05) is 24.3 Å². The van der Waals surface area contributed by atoms with E-state index < -0.39 is 6.10 Å². The zero-order valence-electron chi connectivity index (χ0n) is 9.97. The van der Waals surface area contributed by atoms with Crippen LogP contribution in [0.4, 0.5) is 0 Å². The second-order valence-electron chi connectivity index (χ2n) is 3.97. The SMILES string of the molecule is OC(c1ccccn1)c1cnc(-c2cccnc2)s1. The monoisotopic (exact) mass is 269 g/mol. The second-order valence-corrected chi connectivity index (χ2v) is 5.03. The van der Waals surface area contributed by atoms with Crippen molar-refractivity contribution in [2.45, 2.75) is 6.10 Å². The van der Waals surface area contributed by atoms with Crippen LogP contribution < -0.4 is 0 Å². The van der Waals surface area contributed by atoms with Crippen LogP contribution >= 0.6 is 11.3 Å². The van der Waals surface area contributed by atoms with E-state index in [9.17, 15) is 5.11 Å². The highest BCUT2D eigenvalue weighted by Gasteiger charge is 2.15. The van der Waals surface area contributed by atoms with Crippen molar-refractivity contribution in [2.75, 3.05) is 0 Å². The second kappa shape index (κ2) is 5.26. The molecule has 0 aliphatic heterocycles. The third kappa shape index (κ3) is 2.52. The molecule has 0 fully saturated rings. The highest BCUT2D eigenvalue weighted by atomic mass is 32.1. The Bertz CT molecular complexity index is 655. The molecule has 0 aliphatic rings. The summed E-state index contributed by atoms with van der Waals surface area (Å²) in [5, 5.41) is 11.1. The fourth-order valence-electron chi connectivity index (χ4n) is 1.72. The maximum absolute atomic E-state index is 10.2. The van der Waals surface area contributed by atoms with Crippen LogP contribution in [0.1, 0.15) is 16.7 Å². The third-order valence-corrected chi connectivity index (χ3v) is 3.77. The van der Waals surface area contributed by atoms with E-state index >= 15 is 0 Å². The Morgan fingerprint density at radius 1 is 1.00 bits per heavy atom. The summed E-state index contributed by atoms with van der Waals surface area (Å²) < 4.78 is 0. The maximum Gasteiger partial charge on any atom is 0.132 e. The van der Waals surface area contributed by atoms with Crippen LogP contribution in [0, 0.1) is 0 Å². The quantitative estimate of drug-likeness (QED) is 0.794. The molecule has 3 aromatic heterocycles. The first-order valence-electron chi connectivity index (χ1n) is 5.80. The van der Waals surface area contributed by atoms with Gasteiger partial charge in [0.15, 0.2) is 0 Å². The molecule has 0 spiro atoms. The molecular formula is C14H11N3OS. The smallest absolute Gasteiger partial charge is 0.132 e. The summed E-state index contributed by atoms with van der Waals surface area (Å²) in [5.41, 5.74) is 1.58. The van der Waals surface area contributed by atoms with Crippen molar-refractivity contribution >= 4 is 11.3 Å². The summed E-state index contributed by atoms with van der Waals surface area (Å²) in [5.74, 6) is 0. The van der Waals surface area contributed by atoms with E-state index in [0.717, 1.165) is 15.4 Å². The van der Waals surface area contributed by atoms with Crippen LogP contribution in [-0.2, 0) is 0 Å².